The van der Waals surface area contributed by atoms with Crippen molar-refractivity contribution in [1.29, 1.82) is 0 Å². The number of ether oxygens (including phenoxy) is 4. The van der Waals surface area contributed by atoms with Crippen LogP contribution in [0.2, 0.25) is 0 Å². The molecule has 7 heteroatoms. The molecule has 142 valence electrons. The highest BCUT2D eigenvalue weighted by atomic mass is 16.7. The maximum Gasteiger partial charge on any atom is 0.304 e. The van der Waals surface area contributed by atoms with Gasteiger partial charge in [-0.25, -0.2) is 0 Å². The summed E-state index contributed by atoms with van der Waals surface area (Å²) in [4.78, 5) is 13.0. The van der Waals surface area contributed by atoms with Crippen LogP contribution in [0.3, 0.4) is 0 Å². The molecule has 2 aliphatic heterocycles. The number of benzene rings is 2. The molecule has 0 amide bonds. The minimum Gasteiger partial charge on any atom is -0.492 e. The maximum atomic E-state index is 11.0. The molecule has 1 atom stereocenters. The van der Waals surface area contributed by atoms with Gasteiger partial charge in [-0.05, 0) is 12.1 Å². The minimum atomic E-state index is -0.825. The molecule has 0 aromatic heterocycles. The third kappa shape index (κ3) is 3.45. The van der Waals surface area contributed by atoms with Crippen molar-refractivity contribution in [2.45, 2.75) is 18.9 Å². The second-order valence-corrected chi connectivity index (χ2v) is 6.83. The third-order valence-electron chi connectivity index (χ3n) is 4.73. The van der Waals surface area contributed by atoms with E-state index in [-0.39, 0.29) is 19.1 Å². The largest absolute Gasteiger partial charge is 0.492 e. The van der Waals surface area contributed by atoms with Crippen LogP contribution in [0.5, 0.6) is 23.0 Å². The normalized spacial score (nSPS) is 16.6. The predicted molar refractivity (Wildman–Crippen MR) is 98.2 cm³/mol. The van der Waals surface area contributed by atoms with Gasteiger partial charge in [0.2, 0.25) is 6.79 Å². The number of fused-ring (bicyclic) bond motifs is 2. The van der Waals surface area contributed by atoms with Crippen LogP contribution in [0.25, 0.3) is 0 Å². The third-order valence-corrected chi connectivity index (χ3v) is 4.73. The highest BCUT2D eigenvalue weighted by Gasteiger charge is 2.27. The molecule has 0 bridgehead atoms. The zero-order valence-corrected chi connectivity index (χ0v) is 15.2. The summed E-state index contributed by atoms with van der Waals surface area (Å²) in [5.74, 6) is 1.83. The van der Waals surface area contributed by atoms with Gasteiger partial charge in [-0.1, -0.05) is 6.07 Å². The van der Waals surface area contributed by atoms with E-state index < -0.39 is 5.97 Å². The van der Waals surface area contributed by atoms with Crippen molar-refractivity contribution in [2.24, 2.45) is 0 Å². The Morgan fingerprint density at radius 2 is 2.04 bits per heavy atom. The quantitative estimate of drug-likeness (QED) is 0.836. The number of hydrogen-bond donors (Lipinski definition) is 1. The van der Waals surface area contributed by atoms with Crippen LogP contribution in [0.4, 0.5) is 5.69 Å². The van der Waals surface area contributed by atoms with Crippen LogP contribution in [0.15, 0.2) is 30.3 Å². The second-order valence-electron chi connectivity index (χ2n) is 6.83. The van der Waals surface area contributed by atoms with E-state index in [2.05, 4.69) is 0 Å². The van der Waals surface area contributed by atoms with E-state index in [1.165, 1.54) is 0 Å². The lowest BCUT2D eigenvalue weighted by Crippen LogP contribution is -2.09. The number of carboxylic acids is 1. The predicted octanol–water partition coefficient (Wildman–Crippen LogP) is 3.01. The van der Waals surface area contributed by atoms with Crippen molar-refractivity contribution in [3.8, 4) is 23.0 Å². The Labute approximate surface area is 157 Å². The molecule has 0 radical (unpaired) electrons. The fraction of sp³-hybridized carbons (Fsp3) is 0.350. The van der Waals surface area contributed by atoms with Crippen molar-refractivity contribution < 1.29 is 28.8 Å². The lowest BCUT2D eigenvalue weighted by Gasteiger charge is -2.16. The van der Waals surface area contributed by atoms with Crippen molar-refractivity contribution in [3.05, 3.63) is 41.5 Å². The molecular weight excluding hydrogens is 350 g/mol. The first kappa shape index (κ1) is 17.3. The first-order valence-corrected chi connectivity index (χ1v) is 8.72. The number of rotatable bonds is 6. The Morgan fingerprint density at radius 3 is 2.81 bits per heavy atom. The van der Waals surface area contributed by atoms with E-state index >= 15 is 0 Å². The fourth-order valence-corrected chi connectivity index (χ4v) is 3.32. The van der Waals surface area contributed by atoms with Crippen LogP contribution in [0, 0.1) is 0 Å². The molecule has 0 spiro atoms. The molecule has 0 aliphatic carbocycles. The molecule has 2 aromatic carbocycles. The van der Waals surface area contributed by atoms with E-state index in [0.29, 0.717) is 36.2 Å². The average Bonchev–Trinajstić information content (AvgIpc) is 3.26. The van der Waals surface area contributed by atoms with E-state index in [9.17, 15) is 4.79 Å². The number of anilines is 1. The summed E-state index contributed by atoms with van der Waals surface area (Å²) >= 11 is 0. The maximum absolute atomic E-state index is 11.0. The Balaban J connectivity index is 1.51. The van der Waals surface area contributed by atoms with Gasteiger partial charge in [-0.3, -0.25) is 4.79 Å². The topological polar surface area (TPSA) is 77.5 Å². The molecule has 0 fully saturated rings. The van der Waals surface area contributed by atoms with Crippen LogP contribution >= 0.6 is 0 Å². The summed E-state index contributed by atoms with van der Waals surface area (Å²) in [6, 6.07) is 9.49. The Morgan fingerprint density at radius 1 is 1.19 bits per heavy atom. The number of hydrogen-bond acceptors (Lipinski definition) is 6. The summed E-state index contributed by atoms with van der Waals surface area (Å²) in [6.07, 6.45) is 0.0635. The van der Waals surface area contributed by atoms with Gasteiger partial charge in [0, 0.05) is 49.0 Å². The molecule has 27 heavy (non-hydrogen) atoms. The minimum absolute atomic E-state index is 0.0635. The monoisotopic (exact) mass is 371 g/mol. The molecule has 2 aromatic rings. The highest BCUT2D eigenvalue weighted by Crippen LogP contribution is 2.41. The highest BCUT2D eigenvalue weighted by molar-refractivity contribution is 5.69. The van der Waals surface area contributed by atoms with Crippen molar-refractivity contribution in [2.75, 3.05) is 32.4 Å². The van der Waals surface area contributed by atoms with Gasteiger partial charge >= 0.3 is 5.97 Å². The van der Waals surface area contributed by atoms with E-state index in [4.69, 9.17) is 24.1 Å². The van der Waals surface area contributed by atoms with Crippen LogP contribution in [-0.2, 0) is 11.4 Å². The van der Waals surface area contributed by atoms with Crippen molar-refractivity contribution >= 4 is 11.7 Å². The number of aliphatic carboxylic acids is 1. The molecule has 4 rings (SSSR count). The molecule has 2 heterocycles. The second kappa shape index (κ2) is 6.90. The van der Waals surface area contributed by atoms with Gasteiger partial charge in [0.05, 0.1) is 13.0 Å². The standard InChI is InChI=1S/C20H21NO6/c1-21(2)14-5-13(20-18(7-14)26-11-27-20)10-24-15-3-4-16-12(6-19(22)23)9-25-17(16)8-15/h3-5,7-8,12H,6,9-11H2,1-2H3,(H,22,23)/t12-/m1/s1. The zero-order chi connectivity index (χ0) is 19.0. The van der Waals surface area contributed by atoms with E-state index in [0.717, 1.165) is 16.8 Å². The number of carboxylic acid groups (broad SMARTS) is 1. The van der Waals surface area contributed by atoms with Gasteiger partial charge in [-0.15, -0.1) is 0 Å². The number of carbonyl (C=O) groups is 1. The van der Waals surface area contributed by atoms with Gasteiger partial charge in [0.25, 0.3) is 0 Å². The smallest absolute Gasteiger partial charge is 0.304 e. The first-order chi connectivity index (χ1) is 13.0. The van der Waals surface area contributed by atoms with Gasteiger partial charge in [0.15, 0.2) is 11.5 Å². The molecule has 0 saturated carbocycles. The molecule has 7 nitrogen and oxygen atoms in total. The molecule has 1 N–H and O–H groups in total. The Bertz CT molecular complexity index is 879. The van der Waals surface area contributed by atoms with E-state index in [1.54, 1.807) is 0 Å². The van der Waals surface area contributed by atoms with Gasteiger partial charge in [0.1, 0.15) is 18.1 Å². The van der Waals surface area contributed by atoms with Gasteiger partial charge in [-0.2, -0.15) is 0 Å². The summed E-state index contributed by atoms with van der Waals surface area (Å²) in [5.41, 5.74) is 2.82. The lowest BCUT2D eigenvalue weighted by molar-refractivity contribution is -0.137. The SMILES string of the molecule is CN(C)c1cc(COc2ccc3c(c2)OC[C@H]3CC(=O)O)c2c(c1)OCO2. The average molecular weight is 371 g/mol. The molecule has 0 saturated heterocycles. The van der Waals surface area contributed by atoms with Crippen molar-refractivity contribution in [1.82, 2.24) is 0 Å². The van der Waals surface area contributed by atoms with Crippen LogP contribution < -0.4 is 23.8 Å². The summed E-state index contributed by atoms with van der Waals surface area (Å²) in [7, 11) is 3.93. The van der Waals surface area contributed by atoms with Gasteiger partial charge < -0.3 is 29.0 Å². The Hall–Kier alpha value is -3.09. The van der Waals surface area contributed by atoms with Crippen molar-refractivity contribution in [3.63, 3.8) is 0 Å². The fourth-order valence-electron chi connectivity index (χ4n) is 3.32. The molecule has 0 unspecified atom stereocenters. The first-order valence-electron chi connectivity index (χ1n) is 8.72. The van der Waals surface area contributed by atoms with Crippen LogP contribution in [-0.4, -0.2) is 38.6 Å². The summed E-state index contributed by atoms with van der Waals surface area (Å²) in [6.45, 7) is 0.913. The van der Waals surface area contributed by atoms with Crippen LogP contribution in [0.1, 0.15) is 23.5 Å². The molecule has 2 aliphatic rings. The molecular formula is C20H21NO6. The lowest BCUT2D eigenvalue weighted by atomic mass is 9.98. The van der Waals surface area contributed by atoms with E-state index in [1.807, 2.05) is 49.3 Å². The summed E-state index contributed by atoms with van der Waals surface area (Å²) in [5, 5.41) is 9.00. The zero-order valence-electron chi connectivity index (χ0n) is 15.2. The number of nitrogens with zero attached hydrogens (tertiary/aromatic N) is 1. The summed E-state index contributed by atoms with van der Waals surface area (Å²) < 4.78 is 22.7. The Kier molecular flexibility index (Phi) is 4.43.